The number of nitrogens with zero attached hydrogens (tertiary/aromatic N) is 1. The average Bonchev–Trinajstić information content (AvgIpc) is 2.35. The van der Waals surface area contributed by atoms with E-state index in [-0.39, 0.29) is 0 Å². The van der Waals surface area contributed by atoms with Crippen LogP contribution in [0.4, 0.5) is 0 Å². The lowest BCUT2D eigenvalue weighted by Gasteiger charge is -2.11. The second kappa shape index (κ2) is 5.32. The van der Waals surface area contributed by atoms with Gasteiger partial charge in [0, 0.05) is 0 Å². The highest BCUT2D eigenvalue weighted by Gasteiger charge is 2.16. The Morgan fingerprint density at radius 2 is 2.06 bits per heavy atom. The van der Waals surface area contributed by atoms with E-state index < -0.39 is 5.97 Å². The van der Waals surface area contributed by atoms with E-state index in [1.54, 1.807) is 6.07 Å². The van der Waals surface area contributed by atoms with Crippen LogP contribution >= 0.6 is 0 Å². The maximum absolute atomic E-state index is 11.5. The van der Waals surface area contributed by atoms with Crippen LogP contribution in [-0.2, 0) is 17.6 Å². The number of benzene rings is 1. The Balaban J connectivity index is 3.45. The molecule has 0 fully saturated rings. The molecule has 0 atom stereocenters. The van der Waals surface area contributed by atoms with Crippen LogP contribution in [0.2, 0.25) is 0 Å². The lowest BCUT2D eigenvalue weighted by Crippen LogP contribution is -2.08. The molecule has 0 amide bonds. The minimum absolute atomic E-state index is 0.360. The zero-order valence-electron chi connectivity index (χ0n) is 9.83. The molecule has 0 unspecified atom stereocenters. The van der Waals surface area contributed by atoms with E-state index in [2.05, 4.69) is 10.8 Å². The van der Waals surface area contributed by atoms with E-state index in [1.165, 1.54) is 7.11 Å². The van der Waals surface area contributed by atoms with Crippen LogP contribution in [0.3, 0.4) is 0 Å². The minimum atomic E-state index is -0.450. The third-order valence-corrected chi connectivity index (χ3v) is 2.66. The highest BCUT2D eigenvalue weighted by Crippen LogP contribution is 2.20. The van der Waals surface area contributed by atoms with Gasteiger partial charge in [0.05, 0.1) is 18.2 Å². The highest BCUT2D eigenvalue weighted by atomic mass is 16.5. The van der Waals surface area contributed by atoms with Crippen molar-refractivity contribution in [2.45, 2.75) is 26.7 Å². The zero-order valence-corrected chi connectivity index (χ0v) is 9.83. The number of esters is 1. The molecule has 0 aliphatic rings. The summed E-state index contributed by atoms with van der Waals surface area (Å²) in [6.45, 7) is 4.02. The molecule has 0 N–H and O–H groups in total. The van der Waals surface area contributed by atoms with Crippen molar-refractivity contribution < 1.29 is 9.53 Å². The Labute approximate surface area is 95.7 Å². The van der Waals surface area contributed by atoms with E-state index in [1.807, 2.05) is 19.9 Å². The topological polar surface area (TPSA) is 50.1 Å². The number of carbonyl (C=O) groups excluding carboxylic acids is 1. The summed E-state index contributed by atoms with van der Waals surface area (Å²) in [5.74, 6) is -0.450. The molecule has 0 saturated carbocycles. The molecule has 0 radical (unpaired) electrons. The fourth-order valence-electron chi connectivity index (χ4n) is 1.83. The summed E-state index contributed by atoms with van der Waals surface area (Å²) in [7, 11) is 1.32. The Morgan fingerprint density at radius 1 is 1.38 bits per heavy atom. The Bertz CT molecular complexity index is 444. The monoisotopic (exact) mass is 217 g/mol. The van der Waals surface area contributed by atoms with Crippen LogP contribution in [0, 0.1) is 11.3 Å². The number of hydrogen-bond donors (Lipinski definition) is 0. The summed E-state index contributed by atoms with van der Waals surface area (Å²) in [4.78, 5) is 11.5. The van der Waals surface area contributed by atoms with Crippen LogP contribution in [0.1, 0.15) is 40.9 Å². The number of rotatable bonds is 3. The number of aryl methyl sites for hydroxylation is 1. The van der Waals surface area contributed by atoms with Crippen LogP contribution in [0.15, 0.2) is 12.1 Å². The fourth-order valence-corrected chi connectivity index (χ4v) is 1.83. The van der Waals surface area contributed by atoms with Gasteiger partial charge in [-0.15, -0.1) is 0 Å². The van der Waals surface area contributed by atoms with Crippen molar-refractivity contribution in [2.24, 2.45) is 0 Å². The lowest BCUT2D eigenvalue weighted by atomic mass is 9.93. The first-order chi connectivity index (χ1) is 7.69. The van der Waals surface area contributed by atoms with Gasteiger partial charge in [-0.3, -0.25) is 0 Å². The van der Waals surface area contributed by atoms with Crippen molar-refractivity contribution in [3.8, 4) is 6.07 Å². The van der Waals surface area contributed by atoms with Gasteiger partial charge in [0.2, 0.25) is 0 Å². The van der Waals surface area contributed by atoms with Gasteiger partial charge in [-0.1, -0.05) is 19.9 Å². The molecule has 0 spiro atoms. The summed E-state index contributed by atoms with van der Waals surface area (Å²) in [5, 5.41) is 9.14. The Kier molecular flexibility index (Phi) is 4.07. The smallest absolute Gasteiger partial charge is 0.339 e. The van der Waals surface area contributed by atoms with Crippen molar-refractivity contribution in [3.63, 3.8) is 0 Å². The SMILES string of the molecule is CCc1ccc(C(=O)OC)c(C#N)c1CC. The number of hydrogen-bond acceptors (Lipinski definition) is 3. The standard InChI is InChI=1S/C13H15NO2/c1-4-9-6-7-11(13(15)16-3)12(8-14)10(9)5-2/h6-7H,4-5H2,1-3H3. The molecule has 3 heteroatoms. The molecule has 0 aliphatic carbocycles. The lowest BCUT2D eigenvalue weighted by molar-refractivity contribution is 0.0600. The first kappa shape index (κ1) is 12.3. The minimum Gasteiger partial charge on any atom is -0.465 e. The van der Waals surface area contributed by atoms with Gasteiger partial charge in [-0.25, -0.2) is 4.79 Å². The van der Waals surface area contributed by atoms with Crippen LogP contribution in [-0.4, -0.2) is 13.1 Å². The van der Waals surface area contributed by atoms with Gasteiger partial charge in [0.15, 0.2) is 0 Å². The van der Waals surface area contributed by atoms with Crippen molar-refractivity contribution in [1.29, 1.82) is 5.26 Å². The predicted octanol–water partition coefficient (Wildman–Crippen LogP) is 2.47. The number of methoxy groups -OCH3 is 1. The van der Waals surface area contributed by atoms with Gasteiger partial charge < -0.3 is 4.74 Å². The van der Waals surface area contributed by atoms with Gasteiger partial charge in [-0.05, 0) is 30.0 Å². The summed E-state index contributed by atoms with van der Waals surface area (Å²) >= 11 is 0. The Hall–Kier alpha value is -1.82. The first-order valence-electron chi connectivity index (χ1n) is 5.32. The van der Waals surface area contributed by atoms with E-state index in [0.29, 0.717) is 11.1 Å². The molecule has 84 valence electrons. The average molecular weight is 217 g/mol. The molecule has 1 aromatic rings. The van der Waals surface area contributed by atoms with E-state index >= 15 is 0 Å². The second-order valence-corrected chi connectivity index (χ2v) is 3.44. The molecule has 0 bridgehead atoms. The predicted molar refractivity (Wildman–Crippen MR) is 61.3 cm³/mol. The quantitative estimate of drug-likeness (QED) is 0.731. The van der Waals surface area contributed by atoms with E-state index in [0.717, 1.165) is 24.0 Å². The molecule has 0 heterocycles. The molecule has 1 aromatic carbocycles. The van der Waals surface area contributed by atoms with Gasteiger partial charge in [0.25, 0.3) is 0 Å². The molecular formula is C13H15NO2. The maximum Gasteiger partial charge on any atom is 0.339 e. The number of ether oxygens (including phenoxy) is 1. The van der Waals surface area contributed by atoms with Crippen LogP contribution < -0.4 is 0 Å². The number of nitriles is 1. The third kappa shape index (κ3) is 2.06. The third-order valence-electron chi connectivity index (χ3n) is 2.66. The van der Waals surface area contributed by atoms with E-state index in [4.69, 9.17) is 5.26 Å². The molecule has 0 aliphatic heterocycles. The fraction of sp³-hybridized carbons (Fsp3) is 0.385. The van der Waals surface area contributed by atoms with Gasteiger partial charge in [0.1, 0.15) is 6.07 Å². The summed E-state index contributed by atoms with van der Waals surface area (Å²) in [6.07, 6.45) is 1.61. The first-order valence-corrected chi connectivity index (χ1v) is 5.32. The zero-order chi connectivity index (χ0) is 12.1. The van der Waals surface area contributed by atoms with Crippen molar-refractivity contribution in [1.82, 2.24) is 0 Å². The molecule has 0 aromatic heterocycles. The van der Waals surface area contributed by atoms with Gasteiger partial charge in [-0.2, -0.15) is 5.26 Å². The normalized spacial score (nSPS) is 9.62. The molecule has 0 saturated heterocycles. The van der Waals surface area contributed by atoms with Crippen molar-refractivity contribution in [2.75, 3.05) is 7.11 Å². The number of carbonyl (C=O) groups is 1. The van der Waals surface area contributed by atoms with Crippen LogP contribution in [0.25, 0.3) is 0 Å². The van der Waals surface area contributed by atoms with Crippen molar-refractivity contribution in [3.05, 3.63) is 34.4 Å². The molecule has 16 heavy (non-hydrogen) atoms. The van der Waals surface area contributed by atoms with E-state index in [9.17, 15) is 4.79 Å². The second-order valence-electron chi connectivity index (χ2n) is 3.44. The summed E-state index contributed by atoms with van der Waals surface area (Å²) < 4.78 is 4.66. The largest absolute Gasteiger partial charge is 0.465 e. The van der Waals surface area contributed by atoms with Crippen LogP contribution in [0.5, 0.6) is 0 Å². The summed E-state index contributed by atoms with van der Waals surface area (Å²) in [5.41, 5.74) is 2.88. The van der Waals surface area contributed by atoms with Gasteiger partial charge >= 0.3 is 5.97 Å². The van der Waals surface area contributed by atoms with Crippen molar-refractivity contribution >= 4 is 5.97 Å². The maximum atomic E-state index is 11.5. The molecular weight excluding hydrogens is 202 g/mol. The molecule has 1 rings (SSSR count). The Morgan fingerprint density at radius 3 is 2.50 bits per heavy atom. The summed E-state index contributed by atoms with van der Waals surface area (Å²) in [6, 6.07) is 5.67. The highest BCUT2D eigenvalue weighted by molar-refractivity contribution is 5.92. The molecule has 3 nitrogen and oxygen atoms in total.